The van der Waals surface area contributed by atoms with Crippen LogP contribution in [0.3, 0.4) is 0 Å². The first-order valence-corrected chi connectivity index (χ1v) is 18.2. The van der Waals surface area contributed by atoms with Crippen LogP contribution in [0.1, 0.15) is 153 Å². The van der Waals surface area contributed by atoms with Crippen molar-refractivity contribution in [3.63, 3.8) is 0 Å². The molecule has 0 spiro atoms. The van der Waals surface area contributed by atoms with Gasteiger partial charge in [-0.3, -0.25) is 0 Å². The van der Waals surface area contributed by atoms with Crippen molar-refractivity contribution in [2.24, 2.45) is 0 Å². The second-order valence-corrected chi connectivity index (χ2v) is 13.3. The van der Waals surface area contributed by atoms with E-state index in [9.17, 15) is 13.5 Å². The molecule has 1 N–H and O–H groups in total. The first kappa shape index (κ1) is 35.2. The molecule has 0 amide bonds. The van der Waals surface area contributed by atoms with Crippen LogP contribution >= 0.6 is 0 Å². The van der Waals surface area contributed by atoms with E-state index in [-0.39, 0.29) is 16.4 Å². The van der Waals surface area contributed by atoms with Gasteiger partial charge in [0.2, 0.25) is 0 Å². The molecule has 2 aromatic rings. The van der Waals surface area contributed by atoms with Crippen molar-refractivity contribution < 1.29 is 17.7 Å². The molecular weight excluding hydrogens is 528 g/mol. The molecule has 41 heavy (non-hydrogen) atoms. The fraction of sp³-hybridized carbons (Fsp3) is 0.667. The topological polar surface area (TPSA) is 63.6 Å². The van der Waals surface area contributed by atoms with E-state index in [0.29, 0.717) is 0 Å². The molecule has 0 aliphatic carbocycles. The summed E-state index contributed by atoms with van der Waals surface area (Å²) in [6, 6.07) is 11.6. The maximum Gasteiger partial charge on any atom is 0.339 e. The lowest BCUT2D eigenvalue weighted by atomic mass is 9.96. The number of rotatable bonds is 25. The molecule has 0 saturated heterocycles. The molecule has 0 radical (unpaired) electrons. The molecule has 5 heteroatoms. The number of benzene rings is 2. The van der Waals surface area contributed by atoms with Gasteiger partial charge in [0, 0.05) is 6.07 Å². The van der Waals surface area contributed by atoms with Gasteiger partial charge >= 0.3 is 10.1 Å². The van der Waals surface area contributed by atoms with Crippen molar-refractivity contribution in [2.45, 2.75) is 160 Å². The highest BCUT2D eigenvalue weighted by Crippen LogP contribution is 2.28. The summed E-state index contributed by atoms with van der Waals surface area (Å²) in [4.78, 5) is 0.279. The van der Waals surface area contributed by atoms with E-state index in [4.69, 9.17) is 4.18 Å². The molecule has 2 aromatic carbocycles. The highest BCUT2D eigenvalue weighted by molar-refractivity contribution is 7.87. The van der Waals surface area contributed by atoms with E-state index in [0.717, 1.165) is 43.2 Å². The number of unbranched alkanes of at least 4 members (excludes halogenated alkanes) is 18. The molecular formula is C36H58O4S. The quantitative estimate of drug-likeness (QED) is 0.0928. The minimum Gasteiger partial charge on any atom is -0.508 e. The smallest absolute Gasteiger partial charge is 0.339 e. The fourth-order valence-electron chi connectivity index (χ4n) is 5.66. The summed E-state index contributed by atoms with van der Waals surface area (Å²) in [5.74, 6) is 0.119. The van der Waals surface area contributed by atoms with E-state index >= 15 is 0 Å². The van der Waals surface area contributed by atoms with Crippen molar-refractivity contribution in [1.82, 2.24) is 0 Å². The Morgan fingerprint density at radius 3 is 1.56 bits per heavy atom. The Balaban J connectivity index is 1.94. The minimum absolute atomic E-state index is 0.0157. The van der Waals surface area contributed by atoms with Crippen LogP contribution in [0.15, 0.2) is 47.4 Å². The third-order valence-corrected chi connectivity index (χ3v) is 9.44. The summed E-state index contributed by atoms with van der Waals surface area (Å²) in [7, 11) is -4.01. The molecule has 0 unspecified atom stereocenters. The zero-order chi connectivity index (χ0) is 29.6. The molecule has 0 aliphatic heterocycles. The summed E-state index contributed by atoms with van der Waals surface area (Å²) < 4.78 is 32.3. The maximum atomic E-state index is 13.4. The number of aromatic hydroxyl groups is 1. The Bertz CT molecular complexity index is 1050. The second-order valence-electron chi connectivity index (χ2n) is 11.8. The summed E-state index contributed by atoms with van der Waals surface area (Å²) in [5, 5.41) is 9.79. The van der Waals surface area contributed by atoms with Crippen molar-refractivity contribution in [3.8, 4) is 11.5 Å². The zero-order valence-electron chi connectivity index (χ0n) is 26.2. The lowest BCUT2D eigenvalue weighted by molar-refractivity contribution is 0.463. The molecule has 0 atom stereocenters. The van der Waals surface area contributed by atoms with Crippen molar-refractivity contribution in [3.05, 3.63) is 53.6 Å². The Labute approximate surface area is 252 Å². The van der Waals surface area contributed by atoms with Crippen LogP contribution in [0.2, 0.25) is 0 Å². The molecule has 0 heterocycles. The van der Waals surface area contributed by atoms with E-state index in [2.05, 4.69) is 19.9 Å². The van der Waals surface area contributed by atoms with Crippen molar-refractivity contribution in [1.29, 1.82) is 0 Å². The van der Waals surface area contributed by atoms with Gasteiger partial charge in [-0.2, -0.15) is 8.42 Å². The van der Waals surface area contributed by atoms with Gasteiger partial charge in [-0.25, -0.2) is 0 Å². The van der Waals surface area contributed by atoms with Gasteiger partial charge in [-0.05, 0) is 55.0 Å². The molecule has 4 nitrogen and oxygen atoms in total. The number of phenols is 1. The Morgan fingerprint density at radius 1 is 0.585 bits per heavy atom. The van der Waals surface area contributed by atoms with Crippen molar-refractivity contribution >= 4 is 10.1 Å². The minimum atomic E-state index is -4.01. The lowest BCUT2D eigenvalue weighted by Gasteiger charge is -2.16. The van der Waals surface area contributed by atoms with Gasteiger partial charge in [-0.1, -0.05) is 148 Å². The van der Waals surface area contributed by atoms with Gasteiger partial charge in [0.15, 0.2) is 0 Å². The SMILES string of the molecule is CCCCCCCCCCCCc1cccc(S(=O)(=O)Oc2cccc(O)c2)c1CCCCCCCCCCCC. The van der Waals surface area contributed by atoms with Gasteiger partial charge < -0.3 is 9.29 Å². The zero-order valence-corrected chi connectivity index (χ0v) is 27.0. The normalized spacial score (nSPS) is 11.7. The Morgan fingerprint density at radius 2 is 1.05 bits per heavy atom. The Kier molecular flexibility index (Phi) is 18.6. The summed E-state index contributed by atoms with van der Waals surface area (Å²) in [6.07, 6.45) is 27.1. The predicted octanol–water partition coefficient (Wildman–Crippen LogP) is 11.1. The lowest BCUT2D eigenvalue weighted by Crippen LogP contribution is -2.14. The molecule has 232 valence electrons. The third-order valence-electron chi connectivity index (χ3n) is 8.10. The molecule has 0 bridgehead atoms. The van der Waals surface area contributed by atoms with Crippen LogP contribution in [0.25, 0.3) is 0 Å². The number of aryl methyl sites for hydroxylation is 1. The largest absolute Gasteiger partial charge is 0.508 e. The second kappa shape index (κ2) is 21.7. The summed E-state index contributed by atoms with van der Waals surface area (Å²) >= 11 is 0. The van der Waals surface area contributed by atoms with Crippen LogP contribution in [0.5, 0.6) is 11.5 Å². The van der Waals surface area contributed by atoms with Crippen LogP contribution < -0.4 is 4.18 Å². The maximum absolute atomic E-state index is 13.4. The van der Waals surface area contributed by atoms with Crippen LogP contribution in [-0.2, 0) is 23.0 Å². The van der Waals surface area contributed by atoms with Crippen LogP contribution in [-0.4, -0.2) is 13.5 Å². The predicted molar refractivity (Wildman–Crippen MR) is 173 cm³/mol. The number of hydrogen-bond acceptors (Lipinski definition) is 4. The number of phenolic OH excluding ortho intramolecular Hbond substituents is 1. The highest BCUT2D eigenvalue weighted by atomic mass is 32.2. The van der Waals surface area contributed by atoms with E-state index in [1.54, 1.807) is 18.2 Å². The molecule has 0 aliphatic rings. The van der Waals surface area contributed by atoms with Gasteiger partial charge in [0.25, 0.3) is 0 Å². The molecule has 0 fully saturated rings. The van der Waals surface area contributed by atoms with Gasteiger partial charge in [-0.15, -0.1) is 0 Å². The van der Waals surface area contributed by atoms with Crippen LogP contribution in [0.4, 0.5) is 0 Å². The standard InChI is InChI=1S/C36H58O4S/c1-3-5-7-9-11-13-15-17-19-21-25-32-26-23-30-36(41(38,39)40-34-28-24-27-33(37)31-34)35(32)29-22-20-18-16-14-12-10-8-6-4-2/h23-24,26-28,30-31,37H,3-22,25,29H2,1-2H3. The van der Waals surface area contributed by atoms with Gasteiger partial charge in [0.1, 0.15) is 16.4 Å². The Hall–Kier alpha value is -2.01. The van der Waals surface area contributed by atoms with E-state index in [1.807, 2.05) is 6.07 Å². The number of hydrogen-bond donors (Lipinski definition) is 1. The molecule has 2 rings (SSSR count). The summed E-state index contributed by atoms with van der Waals surface area (Å²) in [6.45, 7) is 4.51. The first-order chi connectivity index (χ1) is 20.0. The monoisotopic (exact) mass is 586 g/mol. The average Bonchev–Trinajstić information content (AvgIpc) is 2.95. The van der Waals surface area contributed by atoms with Crippen LogP contribution in [0, 0.1) is 0 Å². The average molecular weight is 587 g/mol. The van der Waals surface area contributed by atoms with E-state index in [1.165, 1.54) is 121 Å². The fourth-order valence-corrected chi connectivity index (χ4v) is 6.89. The third kappa shape index (κ3) is 15.2. The molecule has 0 aromatic heterocycles. The highest BCUT2D eigenvalue weighted by Gasteiger charge is 2.23. The van der Waals surface area contributed by atoms with Crippen molar-refractivity contribution in [2.75, 3.05) is 0 Å². The summed E-state index contributed by atoms with van der Waals surface area (Å²) in [5.41, 5.74) is 2.06. The molecule has 0 saturated carbocycles. The van der Waals surface area contributed by atoms with Gasteiger partial charge in [0.05, 0.1) is 0 Å². The van der Waals surface area contributed by atoms with E-state index < -0.39 is 10.1 Å². The first-order valence-electron chi connectivity index (χ1n) is 16.8.